The number of nitrogens with one attached hydrogen (secondary N) is 1. The van der Waals surface area contributed by atoms with Gasteiger partial charge in [-0.1, -0.05) is 37.3 Å². The van der Waals surface area contributed by atoms with Crippen LogP contribution >= 0.6 is 12.6 Å². The Kier molecular flexibility index (Phi) is 4.63. The first kappa shape index (κ1) is 13.7. The molecular formula is C16H17NOS. The predicted octanol–water partition coefficient (Wildman–Crippen LogP) is 3.72. The minimum Gasteiger partial charge on any atom is -0.326 e. The monoisotopic (exact) mass is 271 g/mol. The topological polar surface area (TPSA) is 29.1 Å². The van der Waals surface area contributed by atoms with Gasteiger partial charge in [0.15, 0.2) is 0 Å². The number of carbonyl (C=O) groups excluding carboxylic acids is 1. The Hall–Kier alpha value is -1.74. The maximum atomic E-state index is 12.0. The second kappa shape index (κ2) is 6.43. The maximum Gasteiger partial charge on any atom is 0.228 e. The molecule has 0 radical (unpaired) electrons. The molecule has 0 aliphatic rings. The van der Waals surface area contributed by atoms with Crippen molar-refractivity contribution in [2.45, 2.75) is 24.7 Å². The molecule has 0 atom stereocenters. The van der Waals surface area contributed by atoms with E-state index in [9.17, 15) is 4.79 Å². The largest absolute Gasteiger partial charge is 0.326 e. The van der Waals surface area contributed by atoms with Crippen molar-refractivity contribution in [3.8, 4) is 0 Å². The highest BCUT2D eigenvalue weighted by atomic mass is 32.1. The molecule has 19 heavy (non-hydrogen) atoms. The summed E-state index contributed by atoms with van der Waals surface area (Å²) in [5.41, 5.74) is 3.05. The van der Waals surface area contributed by atoms with Gasteiger partial charge in [0.2, 0.25) is 5.91 Å². The van der Waals surface area contributed by atoms with Crippen molar-refractivity contribution < 1.29 is 4.79 Å². The lowest BCUT2D eigenvalue weighted by Gasteiger charge is -2.09. The molecule has 0 aliphatic heterocycles. The van der Waals surface area contributed by atoms with Gasteiger partial charge < -0.3 is 5.32 Å². The number of rotatable bonds is 4. The second-order valence-corrected chi connectivity index (χ2v) is 4.92. The number of hydrogen-bond donors (Lipinski definition) is 2. The van der Waals surface area contributed by atoms with Crippen molar-refractivity contribution in [1.82, 2.24) is 0 Å². The first-order valence-corrected chi connectivity index (χ1v) is 6.79. The first-order valence-electron chi connectivity index (χ1n) is 6.34. The molecule has 98 valence electrons. The Labute approximate surface area is 119 Å². The smallest absolute Gasteiger partial charge is 0.228 e. The van der Waals surface area contributed by atoms with Crippen molar-refractivity contribution in [2.75, 3.05) is 5.32 Å². The van der Waals surface area contributed by atoms with E-state index in [1.165, 1.54) is 0 Å². The molecule has 1 N–H and O–H groups in total. The summed E-state index contributed by atoms with van der Waals surface area (Å²) in [6, 6.07) is 15.5. The van der Waals surface area contributed by atoms with E-state index < -0.39 is 0 Å². The Morgan fingerprint density at radius 3 is 2.47 bits per heavy atom. The highest BCUT2D eigenvalue weighted by Crippen LogP contribution is 2.16. The van der Waals surface area contributed by atoms with Gasteiger partial charge in [0.25, 0.3) is 0 Å². The molecule has 2 rings (SSSR count). The molecule has 2 nitrogen and oxygen atoms in total. The summed E-state index contributed by atoms with van der Waals surface area (Å²) in [6.45, 7) is 2.08. The molecule has 0 unspecified atom stereocenters. The van der Waals surface area contributed by atoms with Gasteiger partial charge in [0.05, 0.1) is 6.42 Å². The van der Waals surface area contributed by atoms with E-state index in [-0.39, 0.29) is 5.91 Å². The second-order valence-electron chi connectivity index (χ2n) is 4.40. The van der Waals surface area contributed by atoms with Crippen LogP contribution in [0.3, 0.4) is 0 Å². The molecule has 0 spiro atoms. The summed E-state index contributed by atoms with van der Waals surface area (Å²) in [5.74, 6) is 0.00724. The van der Waals surface area contributed by atoms with Crippen LogP contribution in [-0.2, 0) is 17.6 Å². The van der Waals surface area contributed by atoms with E-state index in [4.69, 9.17) is 0 Å². The summed E-state index contributed by atoms with van der Waals surface area (Å²) < 4.78 is 0. The summed E-state index contributed by atoms with van der Waals surface area (Å²) in [6.07, 6.45) is 1.29. The average molecular weight is 271 g/mol. The van der Waals surface area contributed by atoms with Gasteiger partial charge in [-0.25, -0.2) is 0 Å². The average Bonchev–Trinajstić information content (AvgIpc) is 2.42. The zero-order valence-electron chi connectivity index (χ0n) is 10.9. The van der Waals surface area contributed by atoms with Crippen LogP contribution in [0.25, 0.3) is 0 Å². The quantitative estimate of drug-likeness (QED) is 0.815. The van der Waals surface area contributed by atoms with Crippen LogP contribution in [0.1, 0.15) is 18.1 Å². The van der Waals surface area contributed by atoms with Crippen LogP contribution < -0.4 is 5.32 Å². The van der Waals surface area contributed by atoms with Crippen LogP contribution in [0, 0.1) is 0 Å². The summed E-state index contributed by atoms with van der Waals surface area (Å²) in [4.78, 5) is 12.9. The number of anilines is 1. The van der Waals surface area contributed by atoms with E-state index in [0.717, 1.165) is 28.1 Å². The van der Waals surface area contributed by atoms with Gasteiger partial charge in [-0.2, -0.15) is 0 Å². The van der Waals surface area contributed by atoms with Crippen LogP contribution in [-0.4, -0.2) is 5.91 Å². The van der Waals surface area contributed by atoms with Crippen molar-refractivity contribution in [3.63, 3.8) is 0 Å². The zero-order chi connectivity index (χ0) is 13.7. The Balaban J connectivity index is 2.03. The van der Waals surface area contributed by atoms with E-state index >= 15 is 0 Å². The van der Waals surface area contributed by atoms with Crippen molar-refractivity contribution >= 4 is 24.2 Å². The summed E-state index contributed by atoms with van der Waals surface area (Å²) >= 11 is 4.23. The number of aryl methyl sites for hydroxylation is 1. The standard InChI is InChI=1S/C16H17NOS/c1-2-13-5-3-4-6-15(13)17-16(18)11-12-7-9-14(19)10-8-12/h3-10,19H,2,11H2,1H3,(H,17,18). The third-order valence-electron chi connectivity index (χ3n) is 2.97. The SMILES string of the molecule is CCc1ccccc1NC(=O)Cc1ccc(S)cc1. The highest BCUT2D eigenvalue weighted by molar-refractivity contribution is 7.80. The van der Waals surface area contributed by atoms with E-state index in [0.29, 0.717) is 6.42 Å². The fraction of sp³-hybridized carbons (Fsp3) is 0.188. The molecule has 0 fully saturated rings. The Morgan fingerprint density at radius 2 is 1.79 bits per heavy atom. The lowest BCUT2D eigenvalue weighted by molar-refractivity contribution is -0.115. The Bertz CT molecular complexity index is 563. The molecule has 0 bridgehead atoms. The van der Waals surface area contributed by atoms with E-state index in [2.05, 4.69) is 24.9 Å². The third kappa shape index (κ3) is 3.86. The van der Waals surface area contributed by atoms with Gasteiger partial charge in [0.1, 0.15) is 0 Å². The van der Waals surface area contributed by atoms with Gasteiger partial charge in [-0.15, -0.1) is 12.6 Å². The van der Waals surface area contributed by atoms with Crippen LogP contribution in [0.5, 0.6) is 0 Å². The number of carbonyl (C=O) groups is 1. The molecule has 1 amide bonds. The summed E-state index contributed by atoms with van der Waals surface area (Å²) in [7, 11) is 0. The predicted molar refractivity (Wildman–Crippen MR) is 81.8 cm³/mol. The number of thiol groups is 1. The number of hydrogen-bond acceptors (Lipinski definition) is 2. The maximum absolute atomic E-state index is 12.0. The lowest BCUT2D eigenvalue weighted by Crippen LogP contribution is -2.15. The minimum absolute atomic E-state index is 0.00724. The van der Waals surface area contributed by atoms with Crippen molar-refractivity contribution in [1.29, 1.82) is 0 Å². The van der Waals surface area contributed by atoms with Crippen LogP contribution in [0.2, 0.25) is 0 Å². The normalized spacial score (nSPS) is 10.2. The first-order chi connectivity index (χ1) is 9.19. The number of benzene rings is 2. The van der Waals surface area contributed by atoms with E-state index in [1.54, 1.807) is 0 Å². The van der Waals surface area contributed by atoms with Gasteiger partial charge in [-0.3, -0.25) is 4.79 Å². The summed E-state index contributed by atoms with van der Waals surface area (Å²) in [5, 5.41) is 2.97. The lowest BCUT2D eigenvalue weighted by atomic mass is 10.1. The van der Waals surface area contributed by atoms with Gasteiger partial charge in [-0.05, 0) is 35.7 Å². The van der Waals surface area contributed by atoms with E-state index in [1.807, 2.05) is 48.5 Å². The molecule has 0 saturated carbocycles. The Morgan fingerprint density at radius 1 is 1.11 bits per heavy atom. The highest BCUT2D eigenvalue weighted by Gasteiger charge is 2.06. The molecule has 0 heterocycles. The van der Waals surface area contributed by atoms with Crippen molar-refractivity contribution in [2.24, 2.45) is 0 Å². The molecule has 0 aromatic heterocycles. The fourth-order valence-electron chi connectivity index (χ4n) is 1.94. The van der Waals surface area contributed by atoms with Crippen molar-refractivity contribution in [3.05, 3.63) is 59.7 Å². The van der Waals surface area contributed by atoms with Gasteiger partial charge in [0, 0.05) is 10.6 Å². The molecule has 2 aromatic carbocycles. The molecular weight excluding hydrogens is 254 g/mol. The number of amides is 1. The molecule has 3 heteroatoms. The molecule has 0 aliphatic carbocycles. The number of para-hydroxylation sites is 1. The van der Waals surface area contributed by atoms with Crippen LogP contribution in [0.4, 0.5) is 5.69 Å². The fourth-order valence-corrected chi connectivity index (χ4v) is 2.09. The minimum atomic E-state index is 0.00724. The third-order valence-corrected chi connectivity index (χ3v) is 3.27. The van der Waals surface area contributed by atoms with Crippen LogP contribution in [0.15, 0.2) is 53.4 Å². The molecule has 2 aromatic rings. The zero-order valence-corrected chi connectivity index (χ0v) is 11.8. The van der Waals surface area contributed by atoms with Gasteiger partial charge >= 0.3 is 0 Å². The molecule has 0 saturated heterocycles.